The van der Waals surface area contributed by atoms with E-state index in [2.05, 4.69) is 58.8 Å². The van der Waals surface area contributed by atoms with Gasteiger partial charge >= 0.3 is 0 Å². The topological polar surface area (TPSA) is 24.9 Å². The molecular weight excluding hydrogens is 276 g/mol. The number of nitrogens with zero attached hydrogens (tertiary/aromatic N) is 1. The highest BCUT2D eigenvalue weighted by Crippen LogP contribution is 2.27. The molecule has 0 saturated heterocycles. The van der Waals surface area contributed by atoms with Crippen molar-refractivity contribution in [2.45, 2.75) is 18.9 Å². The van der Waals surface area contributed by atoms with Crippen molar-refractivity contribution < 1.29 is 0 Å². The zero-order chi connectivity index (χ0) is 14.1. The molecule has 3 heteroatoms. The Hall–Kier alpha value is -2.13. The van der Waals surface area contributed by atoms with Gasteiger partial charge in [-0.1, -0.05) is 36.4 Å². The average Bonchev–Trinajstić information content (AvgIpc) is 3.16. The van der Waals surface area contributed by atoms with Crippen LogP contribution in [0, 0.1) is 0 Å². The Balaban J connectivity index is 1.53. The fourth-order valence-electron chi connectivity index (χ4n) is 3.00. The summed E-state index contributed by atoms with van der Waals surface area (Å²) in [5, 5.41) is 6.76. The SMILES string of the molecule is c1cc(NC2Cc3ccccc3C2)cc(-c2nccs2)c1. The second kappa shape index (κ2) is 5.34. The van der Waals surface area contributed by atoms with E-state index in [1.165, 1.54) is 22.4 Å². The van der Waals surface area contributed by atoms with Gasteiger partial charge in [-0.3, -0.25) is 0 Å². The molecule has 21 heavy (non-hydrogen) atoms. The van der Waals surface area contributed by atoms with Crippen molar-refractivity contribution in [3.63, 3.8) is 0 Å². The van der Waals surface area contributed by atoms with Crippen LogP contribution in [0.3, 0.4) is 0 Å². The first-order chi connectivity index (χ1) is 10.4. The van der Waals surface area contributed by atoms with Crippen molar-refractivity contribution >= 4 is 17.0 Å². The van der Waals surface area contributed by atoms with Gasteiger partial charge in [0.1, 0.15) is 5.01 Å². The number of thiazole rings is 1. The minimum atomic E-state index is 0.494. The molecule has 0 fully saturated rings. The van der Waals surface area contributed by atoms with Gasteiger partial charge in [-0.25, -0.2) is 4.98 Å². The number of hydrogen-bond donors (Lipinski definition) is 1. The van der Waals surface area contributed by atoms with E-state index in [1.54, 1.807) is 11.3 Å². The summed E-state index contributed by atoms with van der Waals surface area (Å²) in [6.45, 7) is 0. The van der Waals surface area contributed by atoms with Crippen molar-refractivity contribution in [3.05, 3.63) is 71.2 Å². The Morgan fingerprint density at radius 1 is 1.00 bits per heavy atom. The molecule has 0 atom stereocenters. The molecule has 0 bridgehead atoms. The van der Waals surface area contributed by atoms with Crippen molar-refractivity contribution in [2.24, 2.45) is 0 Å². The normalized spacial score (nSPS) is 14.1. The Morgan fingerprint density at radius 2 is 1.81 bits per heavy atom. The fraction of sp³-hybridized carbons (Fsp3) is 0.167. The van der Waals surface area contributed by atoms with E-state index in [4.69, 9.17) is 0 Å². The molecule has 0 radical (unpaired) electrons. The minimum absolute atomic E-state index is 0.494. The van der Waals surface area contributed by atoms with Crippen LogP contribution in [0.4, 0.5) is 5.69 Å². The van der Waals surface area contributed by atoms with Crippen LogP contribution in [-0.4, -0.2) is 11.0 Å². The molecule has 104 valence electrons. The predicted molar refractivity (Wildman–Crippen MR) is 88.8 cm³/mol. The molecular formula is C18H16N2S. The Labute approximate surface area is 128 Å². The Kier molecular flexibility index (Phi) is 3.20. The largest absolute Gasteiger partial charge is 0.382 e. The van der Waals surface area contributed by atoms with Gasteiger partial charge in [0.05, 0.1) is 0 Å². The van der Waals surface area contributed by atoms with Gasteiger partial charge in [0.25, 0.3) is 0 Å². The first-order valence-corrected chi connectivity index (χ1v) is 8.10. The molecule has 0 amide bonds. The standard InChI is InChI=1S/C18H16N2S/c1-2-5-14-11-17(10-13(14)4-1)20-16-7-3-6-15(12-16)18-19-8-9-21-18/h1-9,12,17,20H,10-11H2. The molecule has 2 nitrogen and oxygen atoms in total. The van der Waals surface area contributed by atoms with Crippen LogP contribution in [0.2, 0.25) is 0 Å². The third-order valence-electron chi connectivity index (χ3n) is 3.96. The lowest BCUT2D eigenvalue weighted by Crippen LogP contribution is -2.19. The zero-order valence-electron chi connectivity index (χ0n) is 11.6. The second-order valence-corrected chi connectivity index (χ2v) is 6.33. The summed E-state index contributed by atoms with van der Waals surface area (Å²) >= 11 is 1.68. The third kappa shape index (κ3) is 2.57. The van der Waals surface area contributed by atoms with E-state index in [0.717, 1.165) is 17.8 Å². The van der Waals surface area contributed by atoms with Gasteiger partial charge in [-0.15, -0.1) is 11.3 Å². The zero-order valence-corrected chi connectivity index (χ0v) is 12.4. The highest BCUT2D eigenvalue weighted by atomic mass is 32.1. The summed E-state index contributed by atoms with van der Waals surface area (Å²) in [4.78, 5) is 4.38. The van der Waals surface area contributed by atoms with E-state index >= 15 is 0 Å². The van der Waals surface area contributed by atoms with Crippen LogP contribution in [-0.2, 0) is 12.8 Å². The van der Waals surface area contributed by atoms with Crippen LogP contribution in [0.15, 0.2) is 60.1 Å². The van der Waals surface area contributed by atoms with Gasteiger partial charge < -0.3 is 5.32 Å². The lowest BCUT2D eigenvalue weighted by atomic mass is 10.1. The van der Waals surface area contributed by atoms with Gasteiger partial charge in [0.15, 0.2) is 0 Å². The van der Waals surface area contributed by atoms with E-state index in [1.807, 2.05) is 11.6 Å². The highest BCUT2D eigenvalue weighted by molar-refractivity contribution is 7.13. The van der Waals surface area contributed by atoms with Crippen LogP contribution in [0.5, 0.6) is 0 Å². The minimum Gasteiger partial charge on any atom is -0.382 e. The molecule has 0 unspecified atom stereocenters. The van der Waals surface area contributed by atoms with Crippen molar-refractivity contribution in [1.82, 2.24) is 4.98 Å². The summed E-state index contributed by atoms with van der Waals surface area (Å²) in [6, 6.07) is 17.8. The maximum absolute atomic E-state index is 4.38. The number of anilines is 1. The summed E-state index contributed by atoms with van der Waals surface area (Å²) < 4.78 is 0. The van der Waals surface area contributed by atoms with Crippen LogP contribution < -0.4 is 5.32 Å². The predicted octanol–water partition coefficient (Wildman–Crippen LogP) is 4.39. The number of aromatic nitrogens is 1. The molecule has 0 saturated carbocycles. The first kappa shape index (κ1) is 12.6. The summed E-state index contributed by atoms with van der Waals surface area (Å²) in [5.74, 6) is 0. The molecule has 1 aliphatic carbocycles. The molecule has 1 aromatic heterocycles. The quantitative estimate of drug-likeness (QED) is 0.774. The molecule has 3 aromatic rings. The van der Waals surface area contributed by atoms with Crippen molar-refractivity contribution in [3.8, 4) is 10.6 Å². The lowest BCUT2D eigenvalue weighted by molar-refractivity contribution is 0.774. The monoisotopic (exact) mass is 292 g/mol. The van der Waals surface area contributed by atoms with Crippen LogP contribution in [0.25, 0.3) is 10.6 Å². The number of rotatable bonds is 3. The average molecular weight is 292 g/mol. The lowest BCUT2D eigenvalue weighted by Gasteiger charge is -2.14. The van der Waals surface area contributed by atoms with E-state index in [0.29, 0.717) is 6.04 Å². The number of benzene rings is 2. The maximum atomic E-state index is 4.38. The number of hydrogen-bond acceptors (Lipinski definition) is 3. The Bertz CT molecular complexity index is 724. The van der Waals surface area contributed by atoms with Gasteiger partial charge in [0.2, 0.25) is 0 Å². The summed E-state index contributed by atoms with van der Waals surface area (Å²) in [6.07, 6.45) is 4.07. The van der Waals surface area contributed by atoms with E-state index < -0.39 is 0 Å². The van der Waals surface area contributed by atoms with Crippen molar-refractivity contribution in [2.75, 3.05) is 5.32 Å². The van der Waals surface area contributed by atoms with E-state index in [9.17, 15) is 0 Å². The summed E-state index contributed by atoms with van der Waals surface area (Å²) in [7, 11) is 0. The van der Waals surface area contributed by atoms with E-state index in [-0.39, 0.29) is 0 Å². The van der Waals surface area contributed by atoms with Gasteiger partial charge in [-0.05, 0) is 36.1 Å². The molecule has 1 aliphatic rings. The molecule has 2 aromatic carbocycles. The third-order valence-corrected chi connectivity index (χ3v) is 4.79. The molecule has 0 spiro atoms. The fourth-order valence-corrected chi connectivity index (χ4v) is 3.64. The van der Waals surface area contributed by atoms with Crippen molar-refractivity contribution in [1.29, 1.82) is 0 Å². The summed E-state index contributed by atoms with van der Waals surface area (Å²) in [5.41, 5.74) is 5.32. The van der Waals surface area contributed by atoms with Gasteiger partial charge in [0, 0.05) is 28.9 Å². The molecule has 0 aliphatic heterocycles. The first-order valence-electron chi connectivity index (χ1n) is 7.22. The molecule has 4 rings (SSSR count). The number of nitrogens with one attached hydrogen (secondary N) is 1. The molecule has 1 heterocycles. The van der Waals surface area contributed by atoms with Crippen LogP contribution >= 0.6 is 11.3 Å². The maximum Gasteiger partial charge on any atom is 0.123 e. The smallest absolute Gasteiger partial charge is 0.123 e. The molecule has 1 N–H and O–H groups in total. The van der Waals surface area contributed by atoms with Gasteiger partial charge in [-0.2, -0.15) is 0 Å². The Morgan fingerprint density at radius 3 is 2.52 bits per heavy atom. The highest BCUT2D eigenvalue weighted by Gasteiger charge is 2.20. The number of fused-ring (bicyclic) bond motifs is 1. The van der Waals surface area contributed by atoms with Crippen LogP contribution in [0.1, 0.15) is 11.1 Å². The second-order valence-electron chi connectivity index (χ2n) is 5.44.